The number of hydrogen-bond acceptors (Lipinski definition) is 2. The fraction of sp³-hybridized carbons (Fsp3) is 0.500. The van der Waals surface area contributed by atoms with Crippen LogP contribution in [0.5, 0.6) is 0 Å². The van der Waals surface area contributed by atoms with Gasteiger partial charge in [-0.2, -0.15) is 0 Å². The fourth-order valence-corrected chi connectivity index (χ4v) is 3.14. The molecular formula is C14H16BrF2NO2. The van der Waals surface area contributed by atoms with Crippen LogP contribution in [0.25, 0.3) is 0 Å². The lowest BCUT2D eigenvalue weighted by Crippen LogP contribution is -2.48. The van der Waals surface area contributed by atoms with E-state index in [0.717, 1.165) is 12.8 Å². The predicted molar refractivity (Wildman–Crippen MR) is 74.3 cm³/mol. The van der Waals surface area contributed by atoms with E-state index >= 15 is 0 Å². The van der Waals surface area contributed by atoms with E-state index in [1.165, 1.54) is 12.1 Å². The summed E-state index contributed by atoms with van der Waals surface area (Å²) in [4.78, 5) is 13.0. The van der Waals surface area contributed by atoms with Crippen molar-refractivity contribution >= 4 is 21.9 Å². The summed E-state index contributed by atoms with van der Waals surface area (Å²) in [5.74, 6) is -2.27. The van der Waals surface area contributed by atoms with Crippen molar-refractivity contribution in [1.82, 2.24) is 4.90 Å². The van der Waals surface area contributed by atoms with Crippen molar-refractivity contribution in [3.63, 3.8) is 0 Å². The first-order chi connectivity index (χ1) is 9.41. The van der Waals surface area contributed by atoms with Crippen molar-refractivity contribution in [2.75, 3.05) is 6.54 Å². The van der Waals surface area contributed by atoms with Crippen LogP contribution in [0, 0.1) is 17.6 Å². The van der Waals surface area contributed by atoms with Crippen molar-refractivity contribution in [2.24, 2.45) is 5.92 Å². The van der Waals surface area contributed by atoms with Gasteiger partial charge in [0, 0.05) is 12.1 Å². The average Bonchev–Trinajstić information content (AvgIpc) is 2.39. The number of hydrogen-bond donors (Lipinski definition) is 1. The maximum atomic E-state index is 14.0. The highest BCUT2D eigenvalue weighted by Crippen LogP contribution is 2.28. The number of halogens is 3. The smallest absolute Gasteiger partial charge is 0.321 e. The monoisotopic (exact) mass is 347 g/mol. The zero-order valence-electron chi connectivity index (χ0n) is 11.1. The molecule has 1 aliphatic heterocycles. The fourth-order valence-electron chi connectivity index (χ4n) is 2.77. The molecule has 1 aromatic carbocycles. The number of carboxylic acid groups (broad SMARTS) is 1. The van der Waals surface area contributed by atoms with E-state index in [2.05, 4.69) is 15.9 Å². The standard InChI is InChI=1S/C14H16BrF2NO2/c1-8-3-2-6-18(13(8)14(19)20)7-9-11(16)5-4-10(15)12(9)17/h4-5,8,13H,2-3,6-7H2,1H3,(H,19,20). The molecule has 1 heterocycles. The van der Waals surface area contributed by atoms with Crippen molar-refractivity contribution in [1.29, 1.82) is 0 Å². The number of carbonyl (C=O) groups is 1. The number of likely N-dealkylation sites (tertiary alicyclic amines) is 1. The molecule has 110 valence electrons. The largest absolute Gasteiger partial charge is 0.480 e. The molecule has 1 saturated heterocycles. The summed E-state index contributed by atoms with van der Waals surface area (Å²) in [7, 11) is 0. The van der Waals surface area contributed by atoms with Gasteiger partial charge in [-0.15, -0.1) is 0 Å². The van der Waals surface area contributed by atoms with Gasteiger partial charge in [0.15, 0.2) is 0 Å². The Labute approximate surface area is 124 Å². The molecule has 3 nitrogen and oxygen atoms in total. The van der Waals surface area contributed by atoms with E-state index in [9.17, 15) is 18.7 Å². The summed E-state index contributed by atoms with van der Waals surface area (Å²) in [6.45, 7) is 2.36. The van der Waals surface area contributed by atoms with E-state index in [1.54, 1.807) is 4.90 Å². The van der Waals surface area contributed by atoms with E-state index in [4.69, 9.17) is 0 Å². The van der Waals surface area contributed by atoms with E-state index in [-0.39, 0.29) is 22.5 Å². The third kappa shape index (κ3) is 3.01. The van der Waals surface area contributed by atoms with Gasteiger partial charge in [0.05, 0.1) is 4.47 Å². The summed E-state index contributed by atoms with van der Waals surface area (Å²) in [6, 6.07) is 1.80. The minimum absolute atomic E-state index is 0.0282. The maximum Gasteiger partial charge on any atom is 0.321 e. The molecule has 1 N–H and O–H groups in total. The molecule has 1 aliphatic rings. The maximum absolute atomic E-state index is 14.0. The number of carboxylic acids is 1. The van der Waals surface area contributed by atoms with E-state index < -0.39 is 23.6 Å². The predicted octanol–water partition coefficient (Wildman–Crippen LogP) is 3.41. The number of benzene rings is 1. The van der Waals surface area contributed by atoms with Crippen LogP contribution in [0.2, 0.25) is 0 Å². The normalized spacial score (nSPS) is 23.8. The molecule has 6 heteroatoms. The molecule has 0 aromatic heterocycles. The van der Waals surface area contributed by atoms with E-state index in [0.29, 0.717) is 6.54 Å². The van der Waals surface area contributed by atoms with Gasteiger partial charge in [-0.1, -0.05) is 6.92 Å². The summed E-state index contributed by atoms with van der Waals surface area (Å²) in [6.07, 6.45) is 1.65. The van der Waals surface area contributed by atoms with Gasteiger partial charge in [0.2, 0.25) is 0 Å². The second kappa shape index (κ2) is 6.18. The van der Waals surface area contributed by atoms with Crippen molar-refractivity contribution < 1.29 is 18.7 Å². The lowest BCUT2D eigenvalue weighted by Gasteiger charge is -2.37. The summed E-state index contributed by atoms with van der Waals surface area (Å²) >= 11 is 3.02. The third-order valence-electron chi connectivity index (χ3n) is 3.79. The van der Waals surface area contributed by atoms with Crippen LogP contribution in [-0.2, 0) is 11.3 Å². The molecule has 1 fully saturated rings. The molecule has 0 aliphatic carbocycles. The van der Waals surface area contributed by atoms with Crippen LogP contribution >= 0.6 is 15.9 Å². The molecule has 2 unspecified atom stereocenters. The van der Waals surface area contributed by atoms with Crippen LogP contribution in [-0.4, -0.2) is 28.6 Å². The number of rotatable bonds is 3. The molecule has 0 bridgehead atoms. The van der Waals surface area contributed by atoms with Crippen molar-refractivity contribution in [3.8, 4) is 0 Å². The zero-order chi connectivity index (χ0) is 14.9. The minimum Gasteiger partial charge on any atom is -0.480 e. The van der Waals surface area contributed by atoms with Gasteiger partial charge < -0.3 is 5.11 Å². The molecule has 2 atom stereocenters. The Morgan fingerprint density at radius 3 is 2.85 bits per heavy atom. The minimum atomic E-state index is -0.937. The Balaban J connectivity index is 2.28. The Kier molecular flexibility index (Phi) is 4.75. The quantitative estimate of drug-likeness (QED) is 0.851. The highest BCUT2D eigenvalue weighted by molar-refractivity contribution is 9.10. The lowest BCUT2D eigenvalue weighted by molar-refractivity contribution is -0.147. The first kappa shape index (κ1) is 15.4. The van der Waals surface area contributed by atoms with Gasteiger partial charge in [0.25, 0.3) is 0 Å². The lowest BCUT2D eigenvalue weighted by atomic mass is 9.90. The second-order valence-corrected chi connectivity index (χ2v) is 6.05. The Hall–Kier alpha value is -1.01. The molecule has 0 amide bonds. The number of nitrogens with zero attached hydrogens (tertiary/aromatic N) is 1. The van der Waals surface area contributed by atoms with Crippen LogP contribution < -0.4 is 0 Å². The van der Waals surface area contributed by atoms with Crippen molar-refractivity contribution in [2.45, 2.75) is 32.4 Å². The first-order valence-corrected chi connectivity index (χ1v) is 7.30. The number of piperidine rings is 1. The van der Waals surface area contributed by atoms with Crippen LogP contribution in [0.4, 0.5) is 8.78 Å². The van der Waals surface area contributed by atoms with Crippen LogP contribution in [0.15, 0.2) is 16.6 Å². The Morgan fingerprint density at radius 1 is 1.50 bits per heavy atom. The van der Waals surface area contributed by atoms with Crippen molar-refractivity contribution in [3.05, 3.63) is 33.8 Å². The highest BCUT2D eigenvalue weighted by Gasteiger charge is 2.35. The molecule has 1 aromatic rings. The van der Waals surface area contributed by atoms with Gasteiger partial charge in [0.1, 0.15) is 17.7 Å². The molecule has 0 saturated carbocycles. The second-order valence-electron chi connectivity index (χ2n) is 5.19. The van der Waals surface area contributed by atoms with Gasteiger partial charge in [-0.05, 0) is 53.4 Å². The van der Waals surface area contributed by atoms with Crippen LogP contribution in [0.3, 0.4) is 0 Å². The SMILES string of the molecule is CC1CCCN(Cc2c(F)ccc(Br)c2F)C1C(=O)O. The van der Waals surface area contributed by atoms with Gasteiger partial charge in [-0.3, -0.25) is 9.69 Å². The zero-order valence-corrected chi connectivity index (χ0v) is 12.7. The molecule has 0 spiro atoms. The summed E-state index contributed by atoms with van der Waals surface area (Å²) < 4.78 is 27.9. The molecular weight excluding hydrogens is 332 g/mol. The summed E-state index contributed by atoms with van der Waals surface area (Å²) in [5, 5.41) is 9.31. The van der Waals surface area contributed by atoms with Gasteiger partial charge in [-0.25, -0.2) is 8.78 Å². The third-order valence-corrected chi connectivity index (χ3v) is 4.40. The number of aliphatic carboxylic acids is 1. The van der Waals surface area contributed by atoms with Gasteiger partial charge >= 0.3 is 5.97 Å². The van der Waals surface area contributed by atoms with Crippen LogP contribution in [0.1, 0.15) is 25.3 Å². The first-order valence-electron chi connectivity index (χ1n) is 6.51. The molecule has 0 radical (unpaired) electrons. The Bertz CT molecular complexity index is 524. The van der Waals surface area contributed by atoms with E-state index in [1.807, 2.05) is 6.92 Å². The molecule has 2 rings (SSSR count). The highest BCUT2D eigenvalue weighted by atomic mass is 79.9. The average molecular weight is 348 g/mol. The summed E-state index contributed by atoms with van der Waals surface area (Å²) in [5.41, 5.74) is -0.0836. The molecule has 20 heavy (non-hydrogen) atoms. The topological polar surface area (TPSA) is 40.5 Å². The Morgan fingerprint density at radius 2 is 2.20 bits per heavy atom.